The summed E-state index contributed by atoms with van der Waals surface area (Å²) in [6.07, 6.45) is 0.579. The van der Waals surface area contributed by atoms with Crippen LogP contribution in [0.4, 0.5) is 4.39 Å². The third-order valence-electron chi connectivity index (χ3n) is 3.85. The van der Waals surface area contributed by atoms with Crippen LogP contribution in [0.15, 0.2) is 47.6 Å². The van der Waals surface area contributed by atoms with E-state index in [1.807, 2.05) is 31.2 Å². The van der Waals surface area contributed by atoms with Gasteiger partial charge in [0, 0.05) is 5.02 Å². The fraction of sp³-hybridized carbons (Fsp3) is 0.263. The van der Waals surface area contributed by atoms with Gasteiger partial charge < -0.3 is 4.74 Å². The van der Waals surface area contributed by atoms with Gasteiger partial charge in [0.15, 0.2) is 5.16 Å². The standard InChI is InChI=1S/C19H18ClFN2O2S/c1-3-17(18(24)25-4-2)26-19-22-14-7-5-6-8-16(14)23(19)15-10-9-12(20)11-13(15)21/h5-11,17H,3-4H2,1-2H3. The number of esters is 1. The van der Waals surface area contributed by atoms with Crippen molar-refractivity contribution in [3.05, 3.63) is 53.3 Å². The maximum atomic E-state index is 14.6. The maximum Gasteiger partial charge on any atom is 0.319 e. The van der Waals surface area contributed by atoms with Crippen molar-refractivity contribution in [2.45, 2.75) is 30.7 Å². The maximum absolute atomic E-state index is 14.6. The molecule has 0 amide bonds. The zero-order valence-corrected chi connectivity index (χ0v) is 16.0. The average molecular weight is 393 g/mol. The molecule has 0 radical (unpaired) electrons. The van der Waals surface area contributed by atoms with E-state index in [0.717, 1.165) is 11.0 Å². The molecule has 1 atom stereocenters. The SMILES string of the molecule is CCOC(=O)C(CC)Sc1nc2ccccc2n1-c1ccc(Cl)cc1F. The smallest absolute Gasteiger partial charge is 0.319 e. The number of fused-ring (bicyclic) bond motifs is 1. The number of halogens is 2. The molecule has 26 heavy (non-hydrogen) atoms. The van der Waals surface area contributed by atoms with Crippen LogP contribution >= 0.6 is 23.4 Å². The van der Waals surface area contributed by atoms with Crippen LogP contribution in [0.25, 0.3) is 16.7 Å². The molecule has 0 saturated heterocycles. The van der Waals surface area contributed by atoms with E-state index in [2.05, 4.69) is 4.98 Å². The highest BCUT2D eigenvalue weighted by molar-refractivity contribution is 8.00. The van der Waals surface area contributed by atoms with E-state index in [9.17, 15) is 9.18 Å². The molecule has 0 N–H and O–H groups in total. The van der Waals surface area contributed by atoms with Crippen LogP contribution in [0.1, 0.15) is 20.3 Å². The van der Waals surface area contributed by atoms with Crippen LogP contribution in [0, 0.1) is 5.82 Å². The Morgan fingerprint density at radius 1 is 1.31 bits per heavy atom. The second-order valence-corrected chi connectivity index (χ2v) is 7.19. The number of thioether (sulfide) groups is 1. The molecular formula is C19H18ClFN2O2S. The second-order valence-electron chi connectivity index (χ2n) is 5.58. The van der Waals surface area contributed by atoms with Gasteiger partial charge in [-0.15, -0.1) is 0 Å². The van der Waals surface area contributed by atoms with E-state index in [1.165, 1.54) is 17.8 Å². The van der Waals surface area contributed by atoms with Crippen LogP contribution in [0.3, 0.4) is 0 Å². The Kier molecular flexibility index (Phi) is 5.84. The zero-order chi connectivity index (χ0) is 18.7. The highest BCUT2D eigenvalue weighted by Gasteiger charge is 2.24. The van der Waals surface area contributed by atoms with Gasteiger partial charge in [0.1, 0.15) is 11.1 Å². The summed E-state index contributed by atoms with van der Waals surface area (Å²) < 4.78 is 21.4. The van der Waals surface area contributed by atoms with Crippen molar-refractivity contribution < 1.29 is 13.9 Å². The molecule has 0 aliphatic carbocycles. The Balaban J connectivity index is 2.12. The van der Waals surface area contributed by atoms with Crippen molar-refractivity contribution in [1.29, 1.82) is 0 Å². The van der Waals surface area contributed by atoms with Crippen molar-refractivity contribution >= 4 is 40.4 Å². The summed E-state index contributed by atoms with van der Waals surface area (Å²) in [6.45, 7) is 4.00. The van der Waals surface area contributed by atoms with Gasteiger partial charge in [-0.2, -0.15) is 0 Å². The molecule has 3 rings (SSSR count). The highest BCUT2D eigenvalue weighted by atomic mass is 35.5. The van der Waals surface area contributed by atoms with Gasteiger partial charge in [-0.05, 0) is 43.7 Å². The summed E-state index contributed by atoms with van der Waals surface area (Å²) in [4.78, 5) is 16.8. The van der Waals surface area contributed by atoms with Crippen LogP contribution in [0.2, 0.25) is 5.02 Å². The summed E-state index contributed by atoms with van der Waals surface area (Å²) >= 11 is 7.16. The second kappa shape index (κ2) is 8.10. The number of para-hydroxylation sites is 2. The van der Waals surface area contributed by atoms with Gasteiger partial charge in [-0.3, -0.25) is 9.36 Å². The predicted octanol–water partition coefficient (Wildman–Crippen LogP) is 5.25. The Labute approximate surface area is 160 Å². The molecule has 1 heterocycles. The minimum atomic E-state index is -0.452. The molecule has 0 aliphatic heterocycles. The Hall–Kier alpha value is -2.05. The normalized spacial score (nSPS) is 12.3. The number of hydrogen-bond donors (Lipinski definition) is 0. The van der Waals surface area contributed by atoms with Crippen LogP contribution in [-0.4, -0.2) is 27.4 Å². The number of aromatic nitrogens is 2. The van der Waals surface area contributed by atoms with Gasteiger partial charge in [0.25, 0.3) is 0 Å². The average Bonchev–Trinajstić information content (AvgIpc) is 2.98. The summed E-state index contributed by atoms with van der Waals surface area (Å²) in [5.74, 6) is -0.748. The van der Waals surface area contributed by atoms with Gasteiger partial charge in [-0.1, -0.05) is 42.4 Å². The Morgan fingerprint density at radius 2 is 2.08 bits per heavy atom. The number of carbonyl (C=O) groups excluding carboxylic acids is 1. The fourth-order valence-corrected chi connectivity index (χ4v) is 3.84. The van der Waals surface area contributed by atoms with E-state index in [4.69, 9.17) is 16.3 Å². The van der Waals surface area contributed by atoms with Crippen molar-refractivity contribution in [3.63, 3.8) is 0 Å². The lowest BCUT2D eigenvalue weighted by Crippen LogP contribution is -2.20. The molecular weight excluding hydrogens is 375 g/mol. The van der Waals surface area contributed by atoms with Crippen molar-refractivity contribution in [2.24, 2.45) is 0 Å². The summed E-state index contributed by atoms with van der Waals surface area (Å²) in [5, 5.41) is 0.441. The predicted molar refractivity (Wildman–Crippen MR) is 103 cm³/mol. The lowest BCUT2D eigenvalue weighted by molar-refractivity contribution is -0.142. The minimum Gasteiger partial charge on any atom is -0.465 e. The number of benzene rings is 2. The third-order valence-corrected chi connectivity index (χ3v) is 5.38. The third kappa shape index (κ3) is 3.71. The molecule has 0 spiro atoms. The van der Waals surface area contributed by atoms with Crippen LogP contribution in [-0.2, 0) is 9.53 Å². The topological polar surface area (TPSA) is 44.1 Å². The molecule has 0 aliphatic rings. The van der Waals surface area contributed by atoms with E-state index in [0.29, 0.717) is 28.9 Å². The molecule has 3 aromatic rings. The molecule has 2 aromatic carbocycles. The first-order valence-electron chi connectivity index (χ1n) is 8.31. The molecule has 136 valence electrons. The number of rotatable bonds is 6. The quantitative estimate of drug-likeness (QED) is 0.424. The van der Waals surface area contributed by atoms with Crippen molar-refractivity contribution in [3.8, 4) is 5.69 Å². The number of hydrogen-bond acceptors (Lipinski definition) is 4. The summed E-state index contributed by atoms with van der Waals surface area (Å²) in [6, 6.07) is 12.0. The van der Waals surface area contributed by atoms with Gasteiger partial charge in [-0.25, -0.2) is 9.37 Å². The van der Waals surface area contributed by atoms with E-state index in [-0.39, 0.29) is 5.97 Å². The summed E-state index contributed by atoms with van der Waals surface area (Å²) in [7, 11) is 0. The first-order valence-corrected chi connectivity index (χ1v) is 9.57. The number of carbonyl (C=O) groups is 1. The zero-order valence-electron chi connectivity index (χ0n) is 14.4. The van der Waals surface area contributed by atoms with Gasteiger partial charge >= 0.3 is 5.97 Å². The molecule has 7 heteroatoms. The summed E-state index contributed by atoms with van der Waals surface area (Å²) in [5.41, 5.74) is 1.82. The molecule has 4 nitrogen and oxygen atoms in total. The Bertz CT molecular complexity index is 944. The highest BCUT2D eigenvalue weighted by Crippen LogP contribution is 2.33. The van der Waals surface area contributed by atoms with E-state index < -0.39 is 11.1 Å². The number of imidazole rings is 1. The van der Waals surface area contributed by atoms with E-state index >= 15 is 0 Å². The molecule has 0 bridgehead atoms. The molecule has 0 saturated carbocycles. The fourth-order valence-electron chi connectivity index (χ4n) is 2.64. The van der Waals surface area contributed by atoms with Crippen molar-refractivity contribution in [2.75, 3.05) is 6.61 Å². The number of ether oxygens (including phenoxy) is 1. The lowest BCUT2D eigenvalue weighted by Gasteiger charge is -2.15. The first-order chi connectivity index (χ1) is 12.5. The van der Waals surface area contributed by atoms with Crippen molar-refractivity contribution in [1.82, 2.24) is 9.55 Å². The van der Waals surface area contributed by atoms with Crippen LogP contribution in [0.5, 0.6) is 0 Å². The van der Waals surface area contributed by atoms with E-state index in [1.54, 1.807) is 23.6 Å². The van der Waals surface area contributed by atoms with Gasteiger partial charge in [0.05, 0.1) is 23.3 Å². The minimum absolute atomic E-state index is 0.296. The number of nitrogens with zero attached hydrogens (tertiary/aromatic N) is 2. The first kappa shape index (κ1) is 18.7. The van der Waals surface area contributed by atoms with Crippen LogP contribution < -0.4 is 0 Å². The van der Waals surface area contributed by atoms with Gasteiger partial charge in [0.2, 0.25) is 0 Å². The molecule has 0 fully saturated rings. The largest absolute Gasteiger partial charge is 0.465 e. The lowest BCUT2D eigenvalue weighted by atomic mass is 10.2. The molecule has 1 aromatic heterocycles. The monoisotopic (exact) mass is 392 g/mol. The Morgan fingerprint density at radius 3 is 2.77 bits per heavy atom. The molecule has 1 unspecified atom stereocenters.